The minimum atomic E-state index is -3.48. The Morgan fingerprint density at radius 3 is 2.81 bits per heavy atom. The third kappa shape index (κ3) is 7.95. The predicted octanol–water partition coefficient (Wildman–Crippen LogP) is 3.93. The van der Waals surface area contributed by atoms with Crippen molar-refractivity contribution in [1.29, 1.82) is 0 Å². The first-order valence-electron chi connectivity index (χ1n) is 9.18. The molecule has 2 rings (SSSR count). The van der Waals surface area contributed by atoms with Crippen LogP contribution in [-0.2, 0) is 21.2 Å². The number of benzene rings is 1. The highest BCUT2D eigenvalue weighted by molar-refractivity contribution is 7.89. The van der Waals surface area contributed by atoms with E-state index in [9.17, 15) is 17.6 Å². The fraction of sp³-hybridized carbons (Fsp3) is 0.450. The van der Waals surface area contributed by atoms with Gasteiger partial charge in [0.05, 0.1) is 5.75 Å². The second-order valence-electron chi connectivity index (χ2n) is 6.70. The molecular weight excluding hydrogens is 369 g/mol. The Kier molecular flexibility index (Phi) is 8.03. The van der Waals surface area contributed by atoms with Crippen LogP contribution in [0.3, 0.4) is 0 Å². The Hall–Kier alpha value is -2.15. The lowest BCUT2D eigenvalue weighted by Crippen LogP contribution is -2.26. The summed E-state index contributed by atoms with van der Waals surface area (Å²) in [6.45, 7) is 0. The van der Waals surface area contributed by atoms with Gasteiger partial charge in [-0.25, -0.2) is 12.8 Å². The zero-order chi connectivity index (χ0) is 19.7. The monoisotopic (exact) mass is 395 g/mol. The molecule has 0 unspecified atom stereocenters. The molecular formula is C20H26FNO4S. The summed E-state index contributed by atoms with van der Waals surface area (Å²) in [4.78, 5) is 10.5. The summed E-state index contributed by atoms with van der Waals surface area (Å²) < 4.78 is 40.6. The minimum Gasteiger partial charge on any atom is -0.481 e. The van der Waals surface area contributed by atoms with Crippen LogP contribution in [0.1, 0.15) is 50.5 Å². The Bertz CT molecular complexity index is 815. The Balaban J connectivity index is 1.86. The lowest BCUT2D eigenvalue weighted by Gasteiger charge is -2.11. The van der Waals surface area contributed by atoms with Crippen LogP contribution in [0, 0.1) is 5.82 Å². The van der Waals surface area contributed by atoms with E-state index in [1.54, 1.807) is 12.1 Å². The van der Waals surface area contributed by atoms with Gasteiger partial charge in [-0.3, -0.25) is 9.52 Å². The highest BCUT2D eigenvalue weighted by Crippen LogP contribution is 2.27. The molecule has 0 saturated heterocycles. The molecule has 0 bridgehead atoms. The number of unbranched alkanes of at least 4 members (excludes halogenated alkanes) is 1. The molecule has 1 aliphatic rings. The summed E-state index contributed by atoms with van der Waals surface area (Å²) in [5.74, 6) is -1.25. The smallest absolute Gasteiger partial charge is 0.303 e. The number of rotatable bonds is 11. The maximum atomic E-state index is 13.2. The van der Waals surface area contributed by atoms with E-state index in [0.717, 1.165) is 24.1 Å². The molecule has 0 aromatic heterocycles. The number of sulfonamides is 1. The molecule has 27 heavy (non-hydrogen) atoms. The summed E-state index contributed by atoms with van der Waals surface area (Å²) in [6.07, 6.45) is 8.82. The van der Waals surface area contributed by atoms with Crippen molar-refractivity contribution in [2.24, 2.45) is 0 Å². The first-order chi connectivity index (χ1) is 12.9. The van der Waals surface area contributed by atoms with Crippen LogP contribution in [0.5, 0.6) is 0 Å². The van der Waals surface area contributed by atoms with E-state index in [1.807, 2.05) is 12.2 Å². The van der Waals surface area contributed by atoms with E-state index < -0.39 is 16.0 Å². The summed E-state index contributed by atoms with van der Waals surface area (Å²) in [7, 11) is -3.48. The molecule has 1 aromatic carbocycles. The fourth-order valence-corrected chi connectivity index (χ4v) is 4.28. The van der Waals surface area contributed by atoms with Gasteiger partial charge >= 0.3 is 5.97 Å². The number of hydrogen-bond acceptors (Lipinski definition) is 3. The van der Waals surface area contributed by atoms with Crippen LogP contribution in [0.4, 0.5) is 4.39 Å². The second-order valence-corrected chi connectivity index (χ2v) is 8.54. The van der Waals surface area contributed by atoms with Gasteiger partial charge in [0.2, 0.25) is 10.0 Å². The average molecular weight is 395 g/mol. The summed E-state index contributed by atoms with van der Waals surface area (Å²) in [5.41, 5.74) is 2.51. The summed E-state index contributed by atoms with van der Waals surface area (Å²) in [5, 5.41) is 8.60. The molecule has 0 heterocycles. The van der Waals surface area contributed by atoms with Gasteiger partial charge in [0.1, 0.15) is 5.82 Å². The number of carboxylic acids is 1. The zero-order valence-corrected chi connectivity index (χ0v) is 16.1. The molecule has 0 aliphatic heterocycles. The second kappa shape index (κ2) is 10.3. The molecule has 0 saturated carbocycles. The van der Waals surface area contributed by atoms with Crippen LogP contribution in [0.15, 0.2) is 47.7 Å². The average Bonchev–Trinajstić information content (AvgIpc) is 3.02. The number of carboxylic acid groups (broad SMARTS) is 1. The quantitative estimate of drug-likeness (QED) is 0.439. The molecule has 0 spiro atoms. The maximum Gasteiger partial charge on any atom is 0.303 e. The Morgan fingerprint density at radius 1 is 1.26 bits per heavy atom. The van der Waals surface area contributed by atoms with E-state index in [4.69, 9.17) is 5.11 Å². The van der Waals surface area contributed by atoms with Gasteiger partial charge in [-0.1, -0.05) is 24.3 Å². The molecule has 1 aromatic rings. The molecule has 5 nitrogen and oxygen atoms in total. The Labute approximate surface area is 160 Å². The molecule has 0 amide bonds. The highest BCUT2D eigenvalue weighted by Gasteiger charge is 2.19. The fourth-order valence-electron chi connectivity index (χ4n) is 3.05. The van der Waals surface area contributed by atoms with Gasteiger partial charge in [0.25, 0.3) is 0 Å². The van der Waals surface area contributed by atoms with Crippen LogP contribution in [0.25, 0.3) is 0 Å². The standard InChI is InChI=1S/C20H26FNO4S/c21-18-10-5-7-16(15-18)13-14-27(25,26)22-19-11-6-9-17(19)8-3-1-2-4-12-20(23)24/h1,3,5,7,10,15,22H,2,4,6,8-9,11-14H2,(H,23,24). The Morgan fingerprint density at radius 2 is 2.07 bits per heavy atom. The van der Waals surface area contributed by atoms with E-state index in [1.165, 1.54) is 12.1 Å². The van der Waals surface area contributed by atoms with E-state index >= 15 is 0 Å². The molecule has 148 valence electrons. The number of aliphatic carboxylic acids is 1. The van der Waals surface area contributed by atoms with Crippen molar-refractivity contribution in [3.8, 4) is 0 Å². The van der Waals surface area contributed by atoms with Crippen molar-refractivity contribution in [3.05, 3.63) is 59.1 Å². The van der Waals surface area contributed by atoms with Crippen LogP contribution >= 0.6 is 0 Å². The van der Waals surface area contributed by atoms with E-state index in [2.05, 4.69) is 4.72 Å². The lowest BCUT2D eigenvalue weighted by molar-refractivity contribution is -0.137. The van der Waals surface area contributed by atoms with Crippen molar-refractivity contribution in [3.63, 3.8) is 0 Å². The third-order valence-electron chi connectivity index (χ3n) is 4.45. The largest absolute Gasteiger partial charge is 0.481 e. The number of allylic oxidation sites excluding steroid dienone is 4. The molecule has 0 fully saturated rings. The molecule has 0 atom stereocenters. The summed E-state index contributed by atoms with van der Waals surface area (Å²) in [6, 6.07) is 5.98. The summed E-state index contributed by atoms with van der Waals surface area (Å²) >= 11 is 0. The van der Waals surface area contributed by atoms with Gasteiger partial charge in [-0.2, -0.15) is 0 Å². The van der Waals surface area contributed by atoms with E-state index in [0.29, 0.717) is 31.2 Å². The maximum absolute atomic E-state index is 13.2. The number of hydrogen-bond donors (Lipinski definition) is 2. The topological polar surface area (TPSA) is 83.5 Å². The normalized spacial score (nSPS) is 14.9. The van der Waals surface area contributed by atoms with Crippen molar-refractivity contribution in [2.45, 2.75) is 51.4 Å². The van der Waals surface area contributed by atoms with Gasteiger partial charge in [-0.15, -0.1) is 0 Å². The van der Waals surface area contributed by atoms with Crippen molar-refractivity contribution in [2.75, 3.05) is 5.75 Å². The first-order valence-corrected chi connectivity index (χ1v) is 10.8. The number of halogens is 1. The van der Waals surface area contributed by atoms with Gasteiger partial charge in [0, 0.05) is 12.1 Å². The number of aryl methyl sites for hydroxylation is 1. The molecule has 0 radical (unpaired) electrons. The van der Waals surface area contributed by atoms with Crippen molar-refractivity contribution in [1.82, 2.24) is 4.72 Å². The molecule has 7 heteroatoms. The highest BCUT2D eigenvalue weighted by atomic mass is 32.2. The van der Waals surface area contributed by atoms with E-state index in [-0.39, 0.29) is 24.4 Å². The number of carbonyl (C=O) groups is 1. The van der Waals surface area contributed by atoms with Crippen LogP contribution in [0.2, 0.25) is 0 Å². The van der Waals surface area contributed by atoms with Crippen LogP contribution < -0.4 is 4.72 Å². The zero-order valence-electron chi connectivity index (χ0n) is 15.3. The third-order valence-corrected chi connectivity index (χ3v) is 5.75. The van der Waals surface area contributed by atoms with Crippen LogP contribution in [-0.4, -0.2) is 25.2 Å². The van der Waals surface area contributed by atoms with Gasteiger partial charge < -0.3 is 5.11 Å². The van der Waals surface area contributed by atoms with Crippen molar-refractivity contribution >= 4 is 16.0 Å². The molecule has 2 N–H and O–H groups in total. The van der Waals surface area contributed by atoms with Crippen molar-refractivity contribution < 1.29 is 22.7 Å². The van der Waals surface area contributed by atoms with Gasteiger partial charge in [0.15, 0.2) is 0 Å². The SMILES string of the molecule is O=C(O)CCCC=CCC1=C(NS(=O)(=O)CCc2cccc(F)c2)CCC1. The molecule has 1 aliphatic carbocycles. The predicted molar refractivity (Wildman–Crippen MR) is 103 cm³/mol. The van der Waals surface area contributed by atoms with Gasteiger partial charge in [-0.05, 0) is 68.2 Å². The number of nitrogens with one attached hydrogen (secondary N) is 1. The minimum absolute atomic E-state index is 0.0851. The lowest BCUT2D eigenvalue weighted by atomic mass is 10.1. The first kappa shape index (κ1) is 21.2.